The number of benzene rings is 3. The standard InChI is InChI=1S/C25H18FN3OS/c26-20-10-11-22-23(15-20)31-25(28-22)29(16-21-7-3-4-12-27-21)24(30)14-17-8-9-18-5-1-2-6-19(18)13-17/h1-13,15H,14,16H2. The number of rotatable bonds is 5. The Morgan fingerprint density at radius 3 is 2.61 bits per heavy atom. The third-order valence-electron chi connectivity index (χ3n) is 5.09. The fourth-order valence-electron chi connectivity index (χ4n) is 3.54. The smallest absolute Gasteiger partial charge is 0.233 e. The van der Waals surface area contributed by atoms with Crippen molar-refractivity contribution in [3.63, 3.8) is 0 Å². The van der Waals surface area contributed by atoms with Crippen LogP contribution in [0, 0.1) is 5.82 Å². The van der Waals surface area contributed by atoms with Crippen LogP contribution in [0.4, 0.5) is 9.52 Å². The van der Waals surface area contributed by atoms with Crippen LogP contribution < -0.4 is 4.90 Å². The van der Waals surface area contributed by atoms with E-state index in [4.69, 9.17) is 0 Å². The third-order valence-corrected chi connectivity index (χ3v) is 6.13. The van der Waals surface area contributed by atoms with Crippen LogP contribution >= 0.6 is 11.3 Å². The molecule has 1 amide bonds. The van der Waals surface area contributed by atoms with Crippen LogP contribution in [-0.4, -0.2) is 15.9 Å². The van der Waals surface area contributed by atoms with Crippen LogP contribution in [0.25, 0.3) is 21.0 Å². The van der Waals surface area contributed by atoms with Crippen molar-refractivity contribution in [2.24, 2.45) is 0 Å². The van der Waals surface area contributed by atoms with E-state index in [0.717, 1.165) is 22.0 Å². The van der Waals surface area contributed by atoms with Gasteiger partial charge in [-0.25, -0.2) is 9.37 Å². The number of hydrogen-bond donors (Lipinski definition) is 0. The van der Waals surface area contributed by atoms with Crippen LogP contribution in [0.2, 0.25) is 0 Å². The molecule has 0 bridgehead atoms. The Bertz CT molecular complexity index is 1380. The number of amides is 1. The van der Waals surface area contributed by atoms with Gasteiger partial charge in [0.05, 0.1) is 28.9 Å². The monoisotopic (exact) mass is 427 g/mol. The van der Waals surface area contributed by atoms with Crippen molar-refractivity contribution in [3.8, 4) is 0 Å². The molecule has 5 rings (SSSR count). The highest BCUT2D eigenvalue weighted by atomic mass is 32.1. The predicted molar refractivity (Wildman–Crippen MR) is 123 cm³/mol. The number of anilines is 1. The quantitative estimate of drug-likeness (QED) is 0.358. The molecule has 0 radical (unpaired) electrons. The van der Waals surface area contributed by atoms with Crippen LogP contribution in [0.1, 0.15) is 11.3 Å². The minimum Gasteiger partial charge on any atom is -0.282 e. The topological polar surface area (TPSA) is 46.1 Å². The first-order valence-corrected chi connectivity index (χ1v) is 10.7. The van der Waals surface area contributed by atoms with Gasteiger partial charge in [-0.05, 0) is 46.7 Å². The summed E-state index contributed by atoms with van der Waals surface area (Å²) in [6, 6.07) is 24.2. The number of pyridine rings is 1. The number of carbonyl (C=O) groups excluding carboxylic acids is 1. The van der Waals surface area contributed by atoms with E-state index in [9.17, 15) is 9.18 Å². The van der Waals surface area contributed by atoms with Crippen molar-refractivity contribution >= 4 is 43.4 Å². The second kappa shape index (κ2) is 8.24. The van der Waals surface area contributed by atoms with Gasteiger partial charge in [0.25, 0.3) is 0 Å². The highest BCUT2D eigenvalue weighted by Crippen LogP contribution is 2.31. The first-order chi connectivity index (χ1) is 15.2. The van der Waals surface area contributed by atoms with E-state index < -0.39 is 0 Å². The Morgan fingerprint density at radius 2 is 1.77 bits per heavy atom. The van der Waals surface area contributed by atoms with Gasteiger partial charge in [0.1, 0.15) is 5.82 Å². The van der Waals surface area contributed by atoms with E-state index in [1.807, 2.05) is 54.6 Å². The van der Waals surface area contributed by atoms with Crippen LogP contribution in [0.3, 0.4) is 0 Å². The molecule has 0 atom stereocenters. The summed E-state index contributed by atoms with van der Waals surface area (Å²) < 4.78 is 14.4. The molecular formula is C25H18FN3OS. The number of carbonyl (C=O) groups is 1. The van der Waals surface area contributed by atoms with Crippen LogP contribution in [-0.2, 0) is 17.8 Å². The van der Waals surface area contributed by atoms with Gasteiger partial charge in [-0.3, -0.25) is 14.7 Å². The van der Waals surface area contributed by atoms with E-state index in [-0.39, 0.29) is 18.1 Å². The lowest BCUT2D eigenvalue weighted by Gasteiger charge is -2.19. The van der Waals surface area contributed by atoms with Crippen LogP contribution in [0.15, 0.2) is 85.1 Å². The van der Waals surface area contributed by atoms with Gasteiger partial charge in [-0.2, -0.15) is 0 Å². The Morgan fingerprint density at radius 1 is 0.935 bits per heavy atom. The number of thiazole rings is 1. The van der Waals surface area contributed by atoms with Crippen LogP contribution in [0.5, 0.6) is 0 Å². The molecule has 0 fully saturated rings. The first kappa shape index (κ1) is 19.3. The van der Waals surface area contributed by atoms with Crippen molar-refractivity contribution in [1.29, 1.82) is 0 Å². The summed E-state index contributed by atoms with van der Waals surface area (Å²) >= 11 is 1.31. The van der Waals surface area contributed by atoms with Crippen molar-refractivity contribution in [2.75, 3.05) is 4.90 Å². The summed E-state index contributed by atoms with van der Waals surface area (Å²) in [5.74, 6) is -0.401. The van der Waals surface area contributed by atoms with E-state index in [1.165, 1.54) is 23.5 Å². The lowest BCUT2D eigenvalue weighted by Crippen LogP contribution is -2.32. The fraction of sp³-hybridized carbons (Fsp3) is 0.0800. The zero-order valence-electron chi connectivity index (χ0n) is 16.5. The maximum absolute atomic E-state index is 13.7. The molecule has 0 aliphatic heterocycles. The zero-order chi connectivity index (χ0) is 21.2. The minimum atomic E-state index is -0.318. The predicted octanol–water partition coefficient (Wildman–Crippen LogP) is 5.76. The molecule has 2 aromatic heterocycles. The highest BCUT2D eigenvalue weighted by Gasteiger charge is 2.21. The van der Waals surface area contributed by atoms with Crippen molar-refractivity contribution < 1.29 is 9.18 Å². The second-order valence-electron chi connectivity index (χ2n) is 7.27. The molecule has 0 saturated carbocycles. The minimum absolute atomic E-state index is 0.0829. The van der Waals surface area contributed by atoms with E-state index >= 15 is 0 Å². The number of hydrogen-bond acceptors (Lipinski definition) is 4. The average Bonchev–Trinajstić information content (AvgIpc) is 3.20. The first-order valence-electron chi connectivity index (χ1n) is 9.90. The molecule has 152 valence electrons. The van der Waals surface area contributed by atoms with E-state index in [2.05, 4.69) is 16.0 Å². The second-order valence-corrected chi connectivity index (χ2v) is 8.28. The summed E-state index contributed by atoms with van der Waals surface area (Å²) in [7, 11) is 0. The molecule has 2 heterocycles. The number of halogens is 1. The fourth-order valence-corrected chi connectivity index (χ4v) is 4.54. The molecule has 0 aliphatic carbocycles. The van der Waals surface area contributed by atoms with Crippen molar-refractivity contribution in [2.45, 2.75) is 13.0 Å². The van der Waals surface area contributed by atoms with E-state index in [0.29, 0.717) is 21.9 Å². The number of aromatic nitrogens is 2. The van der Waals surface area contributed by atoms with Crippen molar-refractivity contribution in [3.05, 3.63) is 102 Å². The Hall–Kier alpha value is -3.64. The molecule has 4 nitrogen and oxygen atoms in total. The molecule has 5 aromatic rings. The average molecular weight is 428 g/mol. The maximum atomic E-state index is 13.7. The van der Waals surface area contributed by atoms with Gasteiger partial charge in [-0.1, -0.05) is 59.9 Å². The Labute approximate surface area is 182 Å². The van der Waals surface area contributed by atoms with Gasteiger partial charge in [-0.15, -0.1) is 0 Å². The molecule has 0 unspecified atom stereocenters. The third kappa shape index (κ3) is 4.15. The summed E-state index contributed by atoms with van der Waals surface area (Å²) in [5, 5.41) is 2.77. The largest absolute Gasteiger partial charge is 0.282 e. The molecule has 0 N–H and O–H groups in total. The maximum Gasteiger partial charge on any atom is 0.233 e. The molecule has 6 heteroatoms. The molecule has 0 saturated heterocycles. The molecule has 0 aliphatic rings. The van der Waals surface area contributed by atoms with Gasteiger partial charge < -0.3 is 0 Å². The zero-order valence-corrected chi connectivity index (χ0v) is 17.3. The number of nitrogens with zero attached hydrogens (tertiary/aromatic N) is 3. The molecular weight excluding hydrogens is 409 g/mol. The number of fused-ring (bicyclic) bond motifs is 2. The summed E-state index contributed by atoms with van der Waals surface area (Å²) in [6.07, 6.45) is 1.94. The summed E-state index contributed by atoms with van der Waals surface area (Å²) in [6.45, 7) is 0.301. The SMILES string of the molecule is O=C(Cc1ccc2ccccc2c1)N(Cc1ccccn1)c1nc2ccc(F)cc2s1. The Balaban J connectivity index is 1.49. The van der Waals surface area contributed by atoms with E-state index in [1.54, 1.807) is 17.2 Å². The Kier molecular flexibility index (Phi) is 5.14. The molecule has 31 heavy (non-hydrogen) atoms. The highest BCUT2D eigenvalue weighted by molar-refractivity contribution is 7.22. The molecule has 0 spiro atoms. The van der Waals surface area contributed by atoms with Gasteiger partial charge in [0.15, 0.2) is 5.13 Å². The summed E-state index contributed by atoms with van der Waals surface area (Å²) in [5.41, 5.74) is 2.37. The van der Waals surface area contributed by atoms with Crippen molar-refractivity contribution in [1.82, 2.24) is 9.97 Å². The lowest BCUT2D eigenvalue weighted by atomic mass is 10.0. The summed E-state index contributed by atoms with van der Waals surface area (Å²) in [4.78, 5) is 24.0. The normalized spacial score (nSPS) is 11.1. The van der Waals surface area contributed by atoms with Gasteiger partial charge in [0.2, 0.25) is 5.91 Å². The molecule has 3 aromatic carbocycles. The van der Waals surface area contributed by atoms with Gasteiger partial charge >= 0.3 is 0 Å². The van der Waals surface area contributed by atoms with Gasteiger partial charge in [0, 0.05) is 6.20 Å². The lowest BCUT2D eigenvalue weighted by molar-refractivity contribution is -0.118.